The van der Waals surface area contributed by atoms with Gasteiger partial charge in [0.15, 0.2) is 5.16 Å². The number of carbonyl (C=O) groups is 1. The van der Waals surface area contributed by atoms with Crippen molar-refractivity contribution in [3.8, 4) is 0 Å². The third-order valence-corrected chi connectivity index (χ3v) is 3.21. The van der Waals surface area contributed by atoms with Gasteiger partial charge in [-0.25, -0.2) is 14.5 Å². The molecule has 0 bridgehead atoms. The molecule has 0 aromatic carbocycles. The third kappa shape index (κ3) is 2.44. The Kier molecular flexibility index (Phi) is 3.10. The number of aromatic nitrogens is 4. The number of aryl methyl sites for hydroxylation is 2. The average molecular weight is 250 g/mol. The molecule has 0 aliphatic carbocycles. The molecule has 0 saturated heterocycles. The number of hydrogen-bond acceptors (Lipinski definition) is 5. The number of carboxylic acid groups (broad SMARTS) is 1. The van der Waals surface area contributed by atoms with E-state index in [-0.39, 0.29) is 5.56 Å². The summed E-state index contributed by atoms with van der Waals surface area (Å²) in [6, 6.07) is 1.72. The Morgan fingerprint density at radius 3 is 2.82 bits per heavy atom. The van der Waals surface area contributed by atoms with Crippen LogP contribution in [0.5, 0.6) is 0 Å². The lowest BCUT2D eigenvalue weighted by atomic mass is 10.2. The van der Waals surface area contributed by atoms with Gasteiger partial charge in [0.1, 0.15) is 6.33 Å². The first-order valence-corrected chi connectivity index (χ1v) is 5.61. The fourth-order valence-corrected chi connectivity index (χ4v) is 2.21. The van der Waals surface area contributed by atoms with Crippen LogP contribution < -0.4 is 0 Å². The van der Waals surface area contributed by atoms with E-state index in [1.54, 1.807) is 17.8 Å². The van der Waals surface area contributed by atoms with Crippen molar-refractivity contribution in [3.63, 3.8) is 0 Å². The van der Waals surface area contributed by atoms with E-state index in [1.165, 1.54) is 24.3 Å². The summed E-state index contributed by atoms with van der Waals surface area (Å²) in [6.07, 6.45) is 2.78. The van der Waals surface area contributed by atoms with Crippen LogP contribution in [0.1, 0.15) is 16.1 Å². The summed E-state index contributed by atoms with van der Waals surface area (Å²) in [5.74, 6) is -0.998. The Bertz CT molecular complexity index is 567. The molecule has 7 heteroatoms. The Labute approximate surface area is 102 Å². The Hall–Kier alpha value is -1.89. The molecule has 1 N–H and O–H groups in total. The van der Waals surface area contributed by atoms with Crippen LogP contribution in [-0.2, 0) is 7.05 Å². The molecule has 0 aliphatic rings. The van der Waals surface area contributed by atoms with Gasteiger partial charge in [-0.1, -0.05) is 0 Å². The highest BCUT2D eigenvalue weighted by atomic mass is 32.2. The molecule has 0 radical (unpaired) electrons. The van der Waals surface area contributed by atoms with Gasteiger partial charge in [0.25, 0.3) is 0 Å². The Balaban J connectivity index is 2.41. The van der Waals surface area contributed by atoms with E-state index < -0.39 is 5.97 Å². The van der Waals surface area contributed by atoms with Crippen molar-refractivity contribution < 1.29 is 9.90 Å². The van der Waals surface area contributed by atoms with Crippen LogP contribution in [-0.4, -0.2) is 30.8 Å². The lowest BCUT2D eigenvalue weighted by molar-refractivity contribution is 0.0692. The highest BCUT2D eigenvalue weighted by molar-refractivity contribution is 7.99. The molecule has 6 nitrogen and oxygen atoms in total. The van der Waals surface area contributed by atoms with E-state index in [2.05, 4.69) is 15.1 Å². The quantitative estimate of drug-likeness (QED) is 0.886. The summed E-state index contributed by atoms with van der Waals surface area (Å²) in [5, 5.41) is 13.6. The van der Waals surface area contributed by atoms with Gasteiger partial charge in [0.2, 0.25) is 0 Å². The molecule has 0 amide bonds. The van der Waals surface area contributed by atoms with Crippen LogP contribution in [0.2, 0.25) is 0 Å². The molecule has 0 fully saturated rings. The summed E-state index contributed by atoms with van der Waals surface area (Å²) < 4.78 is 1.59. The Morgan fingerprint density at radius 2 is 2.24 bits per heavy atom. The smallest absolute Gasteiger partial charge is 0.338 e. The number of rotatable bonds is 3. The van der Waals surface area contributed by atoms with Crippen LogP contribution in [0.3, 0.4) is 0 Å². The zero-order chi connectivity index (χ0) is 12.4. The van der Waals surface area contributed by atoms with Crippen LogP contribution in [0, 0.1) is 6.92 Å². The minimum atomic E-state index is -0.998. The summed E-state index contributed by atoms with van der Waals surface area (Å²) in [4.78, 5) is 19.7. The molecular formula is C10H10N4O2S. The fourth-order valence-electron chi connectivity index (χ4n) is 1.26. The number of hydrogen-bond donors (Lipinski definition) is 1. The molecule has 0 spiro atoms. The van der Waals surface area contributed by atoms with Crippen LogP contribution in [0.4, 0.5) is 0 Å². The molecule has 2 rings (SSSR count). The first kappa shape index (κ1) is 11.6. The summed E-state index contributed by atoms with van der Waals surface area (Å²) >= 11 is 1.26. The second kappa shape index (κ2) is 4.54. The topological polar surface area (TPSA) is 80.9 Å². The van der Waals surface area contributed by atoms with Crippen LogP contribution in [0.15, 0.2) is 28.6 Å². The van der Waals surface area contributed by atoms with Crippen molar-refractivity contribution in [2.75, 3.05) is 0 Å². The van der Waals surface area contributed by atoms with Gasteiger partial charge < -0.3 is 5.11 Å². The van der Waals surface area contributed by atoms with Gasteiger partial charge in [-0.15, -0.1) is 0 Å². The van der Waals surface area contributed by atoms with E-state index in [0.29, 0.717) is 10.1 Å². The molecule has 2 heterocycles. The van der Waals surface area contributed by atoms with Gasteiger partial charge >= 0.3 is 5.97 Å². The molecule has 0 atom stereocenters. The predicted octanol–water partition coefficient (Wildman–Crippen LogP) is 1.37. The molecular weight excluding hydrogens is 240 g/mol. The molecule has 0 saturated carbocycles. The summed E-state index contributed by atoms with van der Waals surface area (Å²) in [6.45, 7) is 1.81. The van der Waals surface area contributed by atoms with E-state index in [4.69, 9.17) is 5.11 Å². The summed E-state index contributed by atoms with van der Waals surface area (Å²) in [7, 11) is 1.75. The first-order valence-electron chi connectivity index (χ1n) is 4.79. The van der Waals surface area contributed by atoms with Crippen molar-refractivity contribution in [2.45, 2.75) is 17.0 Å². The van der Waals surface area contributed by atoms with Crippen molar-refractivity contribution in [3.05, 3.63) is 29.8 Å². The van der Waals surface area contributed by atoms with Crippen LogP contribution >= 0.6 is 11.8 Å². The number of carboxylic acids is 1. The maximum Gasteiger partial charge on any atom is 0.338 e. The third-order valence-electron chi connectivity index (χ3n) is 2.10. The minimum Gasteiger partial charge on any atom is -0.478 e. The van der Waals surface area contributed by atoms with E-state index in [9.17, 15) is 4.79 Å². The van der Waals surface area contributed by atoms with Crippen molar-refractivity contribution in [1.29, 1.82) is 0 Å². The van der Waals surface area contributed by atoms with Crippen molar-refractivity contribution in [2.24, 2.45) is 7.05 Å². The normalized spacial score (nSPS) is 10.5. The Morgan fingerprint density at radius 1 is 1.47 bits per heavy atom. The van der Waals surface area contributed by atoms with Gasteiger partial charge in [-0.2, -0.15) is 5.10 Å². The van der Waals surface area contributed by atoms with Gasteiger partial charge in [0, 0.05) is 23.8 Å². The average Bonchev–Trinajstić information content (AvgIpc) is 2.64. The SMILES string of the molecule is Cc1cc(Sc2ncnn2C)c(C(=O)O)cn1. The first-order chi connectivity index (χ1) is 8.08. The lowest BCUT2D eigenvalue weighted by Gasteiger charge is -2.05. The fraction of sp³-hybridized carbons (Fsp3) is 0.200. The van der Waals surface area contributed by atoms with Crippen molar-refractivity contribution >= 4 is 17.7 Å². The molecule has 2 aromatic heterocycles. The molecule has 17 heavy (non-hydrogen) atoms. The maximum absolute atomic E-state index is 11.1. The number of pyridine rings is 1. The standard InChI is InChI=1S/C10H10N4O2S/c1-6-3-8(7(4-11-6)9(15)16)17-10-12-5-13-14(10)2/h3-5H,1-2H3,(H,15,16). The maximum atomic E-state index is 11.1. The lowest BCUT2D eigenvalue weighted by Crippen LogP contribution is -2.02. The van der Waals surface area contributed by atoms with Crippen LogP contribution in [0.25, 0.3) is 0 Å². The predicted molar refractivity (Wildman–Crippen MR) is 61.1 cm³/mol. The minimum absolute atomic E-state index is 0.170. The van der Waals surface area contributed by atoms with E-state index in [1.807, 2.05) is 6.92 Å². The van der Waals surface area contributed by atoms with Gasteiger partial charge in [-0.3, -0.25) is 4.98 Å². The monoisotopic (exact) mass is 250 g/mol. The summed E-state index contributed by atoms with van der Waals surface area (Å²) in [5.41, 5.74) is 0.934. The van der Waals surface area contributed by atoms with E-state index in [0.717, 1.165) is 5.69 Å². The number of nitrogens with zero attached hydrogens (tertiary/aromatic N) is 4. The second-order valence-corrected chi connectivity index (χ2v) is 4.40. The highest BCUT2D eigenvalue weighted by Crippen LogP contribution is 2.28. The van der Waals surface area contributed by atoms with E-state index >= 15 is 0 Å². The zero-order valence-electron chi connectivity index (χ0n) is 9.28. The molecule has 0 aliphatic heterocycles. The highest BCUT2D eigenvalue weighted by Gasteiger charge is 2.14. The molecule has 2 aromatic rings. The molecule has 0 unspecified atom stereocenters. The largest absolute Gasteiger partial charge is 0.478 e. The number of aromatic carboxylic acids is 1. The van der Waals surface area contributed by atoms with Gasteiger partial charge in [0.05, 0.1) is 5.56 Å². The second-order valence-electron chi connectivity index (χ2n) is 3.40. The van der Waals surface area contributed by atoms with Gasteiger partial charge in [-0.05, 0) is 24.8 Å². The zero-order valence-corrected chi connectivity index (χ0v) is 10.1. The van der Waals surface area contributed by atoms with Crippen molar-refractivity contribution in [1.82, 2.24) is 19.7 Å². The molecule has 88 valence electrons.